The maximum absolute atomic E-state index is 7.58. The van der Waals surface area contributed by atoms with Gasteiger partial charge in [-0.05, 0) is 34.9 Å². The first-order valence-corrected chi connectivity index (χ1v) is 18.9. The van der Waals surface area contributed by atoms with E-state index < -0.39 is 0 Å². The fraction of sp³-hybridized carbons (Fsp3) is 0.125. The lowest BCUT2D eigenvalue weighted by atomic mass is 9.57. The zero-order valence-corrected chi connectivity index (χ0v) is 35.3. The van der Waals surface area contributed by atoms with Crippen molar-refractivity contribution < 1.29 is 4.42 Å². The van der Waals surface area contributed by atoms with Gasteiger partial charge < -0.3 is 4.42 Å². The van der Waals surface area contributed by atoms with E-state index in [1.807, 2.05) is 0 Å². The Bertz CT molecular complexity index is 2240. The number of allylic oxidation sites excluding steroid dienone is 9. The van der Waals surface area contributed by atoms with Crippen LogP contribution in [0.5, 0.6) is 0 Å². The summed E-state index contributed by atoms with van der Waals surface area (Å²) in [5, 5.41) is 0. The minimum atomic E-state index is 0.144. The monoisotopic (exact) mass is 643 g/mol. The highest BCUT2D eigenvalue weighted by Gasteiger charge is 2.40. The molecule has 2 aromatic carbocycles. The smallest absolute Gasteiger partial charge is 0.149 e. The molecule has 2 aliphatic carbocycles. The third-order valence-electron chi connectivity index (χ3n) is 14.4. The van der Waals surface area contributed by atoms with Crippen molar-refractivity contribution in [2.75, 3.05) is 0 Å². The third kappa shape index (κ3) is 5.94. The first kappa shape index (κ1) is 39.4. The highest BCUT2D eigenvalue weighted by Crippen LogP contribution is 2.53. The second-order valence-corrected chi connectivity index (χ2v) is 16.2. The van der Waals surface area contributed by atoms with Gasteiger partial charge in [0.25, 0.3) is 0 Å². The zero-order chi connectivity index (χ0) is 38.3. The first-order valence-electron chi connectivity index (χ1n) is 18.9. The molecule has 0 aliphatic heterocycles. The van der Waals surface area contributed by atoms with E-state index in [-0.39, 0.29) is 11.7 Å². The van der Waals surface area contributed by atoms with E-state index in [1.54, 1.807) is 0 Å². The van der Waals surface area contributed by atoms with Crippen LogP contribution in [-0.4, -0.2) is 141 Å². The molecule has 5 rings (SSSR count). The van der Waals surface area contributed by atoms with Crippen LogP contribution in [0.15, 0.2) is 42.7 Å². The van der Waals surface area contributed by atoms with Crippen LogP contribution in [-0.2, 0) is 6.42 Å². The van der Waals surface area contributed by atoms with Crippen molar-refractivity contribution in [2.24, 2.45) is 0 Å². The van der Waals surface area contributed by atoms with Gasteiger partial charge in [-0.15, -0.1) is 50.2 Å². The van der Waals surface area contributed by atoms with E-state index in [4.69, 9.17) is 10.8 Å². The molecule has 0 spiro atoms. The Morgan fingerprint density at radius 1 is 0.627 bits per heavy atom. The van der Waals surface area contributed by atoms with Crippen LogP contribution >= 0.6 is 0 Å². The zero-order valence-electron chi connectivity index (χ0n) is 35.3. The molecule has 0 amide bonds. The Kier molecular flexibility index (Phi) is 10.9. The number of terminal acetylenes is 1. The Balaban J connectivity index is 1.91. The Hall–Kier alpha value is -2.85. The van der Waals surface area contributed by atoms with Crippen molar-refractivity contribution in [3.63, 3.8) is 0 Å². The number of rotatable bonds is 6. The van der Waals surface area contributed by atoms with Gasteiger partial charge in [-0.3, -0.25) is 0 Å². The molecule has 2 atom stereocenters. The van der Waals surface area contributed by atoms with E-state index in [2.05, 4.69) is 154 Å². The van der Waals surface area contributed by atoms with Gasteiger partial charge in [0.05, 0.1) is 0 Å². The van der Waals surface area contributed by atoms with Crippen LogP contribution in [0.2, 0.25) is 0 Å². The largest absolute Gasteiger partial charge is 0.456 e. The molecule has 1 heterocycles. The Labute approximate surface area is 324 Å². The van der Waals surface area contributed by atoms with Crippen LogP contribution in [0, 0.1) is 19.3 Å². The third-order valence-corrected chi connectivity index (χ3v) is 14.4. The van der Waals surface area contributed by atoms with Gasteiger partial charge >= 0.3 is 0 Å². The van der Waals surface area contributed by atoms with Gasteiger partial charge in [-0.1, -0.05) is 60.8 Å². The molecule has 2 aliphatic rings. The van der Waals surface area contributed by atoms with E-state index in [0.29, 0.717) is 0 Å². The van der Waals surface area contributed by atoms with Gasteiger partial charge in [0.1, 0.15) is 153 Å². The quantitative estimate of drug-likeness (QED) is 0.149. The molecule has 19 heteroatoms. The van der Waals surface area contributed by atoms with E-state index in [1.165, 1.54) is 121 Å². The van der Waals surface area contributed by atoms with Crippen LogP contribution in [0.3, 0.4) is 0 Å². The predicted octanol–water partition coefficient (Wildman–Crippen LogP) is -17.1. The number of benzene rings is 2. The molecule has 0 radical (unpaired) electrons. The summed E-state index contributed by atoms with van der Waals surface area (Å²) in [7, 11) is 41.1. The lowest BCUT2D eigenvalue weighted by Gasteiger charge is -2.28. The normalized spacial score (nSPS) is 18.2. The summed E-state index contributed by atoms with van der Waals surface area (Å²) in [6, 6.07) is 0. The van der Waals surface area contributed by atoms with Crippen molar-refractivity contribution in [3.8, 4) is 12.3 Å². The average molecular weight is 639 g/mol. The molecule has 232 valence electrons. The van der Waals surface area contributed by atoms with Gasteiger partial charge in [-0.2, -0.15) is 0 Å². The van der Waals surface area contributed by atoms with E-state index in [9.17, 15) is 0 Å². The fourth-order valence-corrected chi connectivity index (χ4v) is 9.17. The Morgan fingerprint density at radius 3 is 1.69 bits per heavy atom. The highest BCUT2D eigenvalue weighted by atomic mass is 16.3. The molecular formula is C32H44B18O. The van der Waals surface area contributed by atoms with Crippen molar-refractivity contribution in [1.82, 2.24) is 0 Å². The van der Waals surface area contributed by atoms with Gasteiger partial charge in [0.2, 0.25) is 0 Å². The summed E-state index contributed by atoms with van der Waals surface area (Å²) in [4.78, 5) is 0. The van der Waals surface area contributed by atoms with Gasteiger partial charge in [0.15, 0.2) is 0 Å². The molecule has 3 aromatic rings. The molecule has 0 fully saturated rings. The topological polar surface area (TPSA) is 13.1 Å². The molecule has 0 bridgehead atoms. The first-order chi connectivity index (χ1) is 23.7. The molecule has 0 saturated carbocycles. The molecule has 1 nitrogen and oxygen atoms in total. The number of furan rings is 1. The molecule has 1 aromatic heterocycles. The van der Waals surface area contributed by atoms with Crippen LogP contribution < -0.4 is 49.2 Å². The van der Waals surface area contributed by atoms with Crippen molar-refractivity contribution in [3.05, 3.63) is 77.6 Å². The van der Waals surface area contributed by atoms with Crippen molar-refractivity contribution in [2.45, 2.75) is 25.1 Å². The number of hydrogen-bond donors (Lipinski definition) is 0. The van der Waals surface area contributed by atoms with E-state index >= 15 is 0 Å². The minimum Gasteiger partial charge on any atom is -0.456 e. The van der Waals surface area contributed by atoms with Gasteiger partial charge in [0, 0.05) is 23.5 Å². The van der Waals surface area contributed by atoms with Gasteiger partial charge in [-0.25, -0.2) is 0 Å². The summed E-state index contributed by atoms with van der Waals surface area (Å²) < 4.78 is 7.58. The lowest BCUT2D eigenvalue weighted by molar-refractivity contribution is 0.531. The number of hydrogen-bond acceptors (Lipinski definition) is 1. The fourth-order valence-electron chi connectivity index (χ4n) is 9.17. The summed E-state index contributed by atoms with van der Waals surface area (Å²) in [6.07, 6.45) is 6.82. The van der Waals surface area contributed by atoms with Crippen LogP contribution in [0.25, 0.3) is 16.6 Å². The molecule has 51 heavy (non-hydrogen) atoms. The lowest BCUT2D eigenvalue weighted by Crippen LogP contribution is -2.56. The average Bonchev–Trinajstić information content (AvgIpc) is 3.68. The van der Waals surface area contributed by atoms with Crippen LogP contribution in [0.4, 0.5) is 0 Å². The maximum Gasteiger partial charge on any atom is 0.149 e. The minimum absolute atomic E-state index is 0.144. The molecular weight excluding hydrogens is 595 g/mol. The molecule has 2 unspecified atom stereocenters. The summed E-state index contributed by atoms with van der Waals surface area (Å²) in [5.74, 6) is 5.44. The van der Waals surface area contributed by atoms with E-state index in [0.717, 1.165) is 28.9 Å². The second kappa shape index (κ2) is 14.2. The summed E-state index contributed by atoms with van der Waals surface area (Å²) >= 11 is 0. The van der Waals surface area contributed by atoms with Crippen LogP contribution in [0.1, 0.15) is 51.1 Å². The van der Waals surface area contributed by atoms with Crippen molar-refractivity contribution >= 4 is 207 Å². The summed E-state index contributed by atoms with van der Waals surface area (Å²) in [5.41, 5.74) is 32.2. The Morgan fingerprint density at radius 2 is 1.14 bits per heavy atom. The summed E-state index contributed by atoms with van der Waals surface area (Å²) in [6.45, 7) is 2.30. The SMILES string of the molecule is BC1=C(B)C(c2c(B)c(B)c(B)c(B)c2B)C(c2oc(/C(Cc3c(B)c(B)c(B)c(B)c3C)=C(B)/C(B)=C(/B)C#C)c3c2C(B)C(B)=C3B)=C1B. The predicted molar refractivity (Wildman–Crippen MR) is 280 cm³/mol. The number of fused-ring (bicyclic) bond motifs is 1. The molecule has 0 N–H and O–H groups in total. The standard InChI is InChI=1S/C32H44B18O/c1-3-8(33)17(37)16(36)7(4-6-5(2)14(34)24(44)25(45)15(6)35)31-12-13(23(43)27(47)22(12)42)32(51-31)11-9(18(38)26(46)21(11)41)10-19(39)28(48)30(50)29(49)20(10)40/h1,9,23H,4,33-50H2,2H3/b16-7-,17-8-. The maximum atomic E-state index is 7.58. The van der Waals surface area contributed by atoms with Crippen molar-refractivity contribution in [1.29, 1.82) is 0 Å². The highest BCUT2D eigenvalue weighted by molar-refractivity contribution is 6.68. The second-order valence-electron chi connectivity index (χ2n) is 16.2. The molecule has 0 saturated heterocycles.